The van der Waals surface area contributed by atoms with Gasteiger partial charge in [0, 0.05) is 17.8 Å². The molecule has 0 fully saturated rings. The molecule has 3 rings (SSSR count). The van der Waals surface area contributed by atoms with Crippen LogP contribution in [0.4, 0.5) is 5.69 Å². The molecule has 4 nitrogen and oxygen atoms in total. The Balaban J connectivity index is 1.63. The van der Waals surface area contributed by atoms with Crippen molar-refractivity contribution in [3.05, 3.63) is 65.2 Å². The quantitative estimate of drug-likeness (QED) is 0.912. The van der Waals surface area contributed by atoms with Gasteiger partial charge >= 0.3 is 0 Å². The number of hydrogen-bond acceptors (Lipinski definition) is 2. The molecule has 118 valence electrons. The van der Waals surface area contributed by atoms with Gasteiger partial charge in [-0.2, -0.15) is 0 Å². The third-order valence-corrected chi connectivity index (χ3v) is 4.31. The molecule has 4 heteroatoms. The molecular formula is C19H20N2O2. The molecule has 2 N–H and O–H groups in total. The molecule has 2 aromatic rings. The number of carbonyl (C=O) groups excluding carboxylic acids is 2. The highest BCUT2D eigenvalue weighted by atomic mass is 16.2. The summed E-state index contributed by atoms with van der Waals surface area (Å²) >= 11 is 0. The minimum atomic E-state index is -0.501. The van der Waals surface area contributed by atoms with Gasteiger partial charge in [-0.25, -0.2) is 0 Å². The predicted octanol–water partition coefficient (Wildman–Crippen LogP) is 2.89. The van der Waals surface area contributed by atoms with Gasteiger partial charge in [0.15, 0.2) is 0 Å². The molecule has 0 atom stereocenters. The van der Waals surface area contributed by atoms with Crippen molar-refractivity contribution in [2.75, 3.05) is 11.9 Å². The van der Waals surface area contributed by atoms with E-state index in [0.717, 1.165) is 23.2 Å². The zero-order chi connectivity index (χ0) is 16.4. The molecule has 0 aromatic heterocycles. The first-order valence-corrected chi connectivity index (χ1v) is 7.76. The van der Waals surface area contributed by atoms with Crippen LogP contribution in [0.3, 0.4) is 0 Å². The van der Waals surface area contributed by atoms with E-state index in [1.807, 2.05) is 44.2 Å². The smallest absolute Gasteiger partial charge is 0.251 e. The van der Waals surface area contributed by atoms with E-state index in [4.69, 9.17) is 0 Å². The van der Waals surface area contributed by atoms with Gasteiger partial charge in [0.2, 0.25) is 5.91 Å². The second kappa shape index (κ2) is 5.88. The van der Waals surface area contributed by atoms with E-state index in [9.17, 15) is 9.59 Å². The van der Waals surface area contributed by atoms with Crippen molar-refractivity contribution < 1.29 is 9.59 Å². The Morgan fingerprint density at radius 1 is 1.13 bits per heavy atom. The molecule has 23 heavy (non-hydrogen) atoms. The summed E-state index contributed by atoms with van der Waals surface area (Å²) in [5.41, 5.74) is 3.18. The zero-order valence-electron chi connectivity index (χ0n) is 13.3. The third-order valence-electron chi connectivity index (χ3n) is 4.31. The highest BCUT2D eigenvalue weighted by Crippen LogP contribution is 2.37. The lowest BCUT2D eigenvalue weighted by Gasteiger charge is -2.16. The van der Waals surface area contributed by atoms with Crippen LogP contribution in [-0.4, -0.2) is 18.4 Å². The summed E-state index contributed by atoms with van der Waals surface area (Å²) in [6.45, 7) is 4.42. The summed E-state index contributed by atoms with van der Waals surface area (Å²) in [5.74, 6) is -0.0361. The molecule has 1 heterocycles. The van der Waals surface area contributed by atoms with Crippen molar-refractivity contribution in [1.29, 1.82) is 0 Å². The first-order valence-electron chi connectivity index (χ1n) is 7.76. The van der Waals surface area contributed by atoms with Crippen LogP contribution in [0.1, 0.15) is 35.3 Å². The number of amides is 2. The number of carbonyl (C=O) groups is 2. The van der Waals surface area contributed by atoms with Gasteiger partial charge < -0.3 is 10.6 Å². The van der Waals surface area contributed by atoms with E-state index < -0.39 is 5.41 Å². The molecule has 0 radical (unpaired) electrons. The second-order valence-corrected chi connectivity index (χ2v) is 6.33. The van der Waals surface area contributed by atoms with Crippen LogP contribution < -0.4 is 10.6 Å². The van der Waals surface area contributed by atoms with Crippen molar-refractivity contribution in [2.45, 2.75) is 25.7 Å². The van der Waals surface area contributed by atoms with Gasteiger partial charge in [-0.1, -0.05) is 30.3 Å². The Hall–Kier alpha value is -2.62. The summed E-state index contributed by atoms with van der Waals surface area (Å²) in [6.07, 6.45) is 0.732. The maximum Gasteiger partial charge on any atom is 0.251 e. The zero-order valence-corrected chi connectivity index (χ0v) is 13.3. The Kier molecular flexibility index (Phi) is 3.90. The SMILES string of the molecule is CC1(C)C(=O)Nc2ccc(CCNC(=O)c3ccccc3)cc21. The lowest BCUT2D eigenvalue weighted by Crippen LogP contribution is -2.27. The van der Waals surface area contributed by atoms with Crippen LogP contribution in [0.2, 0.25) is 0 Å². The van der Waals surface area contributed by atoms with Crippen molar-refractivity contribution >= 4 is 17.5 Å². The minimum Gasteiger partial charge on any atom is -0.352 e. The fourth-order valence-electron chi connectivity index (χ4n) is 2.79. The van der Waals surface area contributed by atoms with Crippen LogP contribution in [0.25, 0.3) is 0 Å². The molecule has 0 bridgehead atoms. The monoisotopic (exact) mass is 308 g/mol. The van der Waals surface area contributed by atoms with Crippen LogP contribution >= 0.6 is 0 Å². The molecule has 0 saturated heterocycles. The van der Waals surface area contributed by atoms with Gasteiger partial charge in [-0.15, -0.1) is 0 Å². The highest BCUT2D eigenvalue weighted by molar-refractivity contribution is 6.05. The first-order chi connectivity index (χ1) is 11.0. The van der Waals surface area contributed by atoms with Crippen LogP contribution in [0.15, 0.2) is 48.5 Å². The maximum absolute atomic E-state index is 12.0. The molecule has 0 spiro atoms. The molecular weight excluding hydrogens is 288 g/mol. The van der Waals surface area contributed by atoms with E-state index in [1.165, 1.54) is 0 Å². The average molecular weight is 308 g/mol. The Morgan fingerprint density at radius 2 is 1.87 bits per heavy atom. The normalized spacial score (nSPS) is 15.0. The summed E-state index contributed by atoms with van der Waals surface area (Å²) in [7, 11) is 0. The summed E-state index contributed by atoms with van der Waals surface area (Å²) in [6, 6.07) is 15.2. The van der Waals surface area contributed by atoms with Crippen molar-refractivity contribution in [3.8, 4) is 0 Å². The molecule has 1 aliphatic heterocycles. The van der Waals surface area contributed by atoms with Gasteiger partial charge in [-0.05, 0) is 49.6 Å². The lowest BCUT2D eigenvalue weighted by atomic mass is 9.85. The predicted molar refractivity (Wildman–Crippen MR) is 90.6 cm³/mol. The second-order valence-electron chi connectivity index (χ2n) is 6.33. The third kappa shape index (κ3) is 2.97. The maximum atomic E-state index is 12.0. The van der Waals surface area contributed by atoms with Crippen LogP contribution in [-0.2, 0) is 16.6 Å². The van der Waals surface area contributed by atoms with Gasteiger partial charge in [0.1, 0.15) is 0 Å². The Morgan fingerprint density at radius 3 is 2.61 bits per heavy atom. The average Bonchev–Trinajstić information content (AvgIpc) is 2.78. The van der Waals surface area contributed by atoms with Crippen LogP contribution in [0, 0.1) is 0 Å². The van der Waals surface area contributed by atoms with E-state index >= 15 is 0 Å². The van der Waals surface area contributed by atoms with E-state index in [2.05, 4.69) is 16.7 Å². The molecule has 0 saturated carbocycles. The van der Waals surface area contributed by atoms with Gasteiger partial charge in [0.05, 0.1) is 5.41 Å². The lowest BCUT2D eigenvalue weighted by molar-refractivity contribution is -0.119. The molecule has 2 aromatic carbocycles. The highest BCUT2D eigenvalue weighted by Gasteiger charge is 2.38. The number of rotatable bonds is 4. The van der Waals surface area contributed by atoms with Gasteiger partial charge in [-0.3, -0.25) is 9.59 Å². The fourth-order valence-corrected chi connectivity index (χ4v) is 2.79. The fraction of sp³-hybridized carbons (Fsp3) is 0.263. The number of fused-ring (bicyclic) bond motifs is 1. The summed E-state index contributed by atoms with van der Waals surface area (Å²) in [4.78, 5) is 24.0. The standard InChI is InChI=1S/C19H20N2O2/c1-19(2)15-12-13(8-9-16(15)21-18(19)23)10-11-20-17(22)14-6-4-3-5-7-14/h3-9,12H,10-11H2,1-2H3,(H,20,22)(H,21,23). The topological polar surface area (TPSA) is 58.2 Å². The summed E-state index contributed by atoms with van der Waals surface area (Å²) in [5, 5.41) is 5.83. The Bertz CT molecular complexity index is 751. The van der Waals surface area contributed by atoms with Crippen molar-refractivity contribution in [1.82, 2.24) is 5.32 Å². The number of benzene rings is 2. The largest absolute Gasteiger partial charge is 0.352 e. The number of hydrogen-bond donors (Lipinski definition) is 2. The van der Waals surface area contributed by atoms with Gasteiger partial charge in [0.25, 0.3) is 5.91 Å². The minimum absolute atomic E-state index is 0.0297. The van der Waals surface area contributed by atoms with E-state index in [1.54, 1.807) is 12.1 Å². The molecule has 1 aliphatic rings. The Labute approximate surface area is 135 Å². The van der Waals surface area contributed by atoms with E-state index in [-0.39, 0.29) is 11.8 Å². The first kappa shape index (κ1) is 15.3. The summed E-state index contributed by atoms with van der Waals surface area (Å²) < 4.78 is 0. The van der Waals surface area contributed by atoms with Crippen molar-refractivity contribution in [3.63, 3.8) is 0 Å². The molecule has 0 unspecified atom stereocenters. The van der Waals surface area contributed by atoms with Crippen LogP contribution in [0.5, 0.6) is 0 Å². The number of nitrogens with one attached hydrogen (secondary N) is 2. The molecule has 0 aliphatic carbocycles. The number of anilines is 1. The van der Waals surface area contributed by atoms with Crippen molar-refractivity contribution in [2.24, 2.45) is 0 Å². The molecule has 2 amide bonds. The van der Waals surface area contributed by atoms with E-state index in [0.29, 0.717) is 12.1 Å².